The van der Waals surface area contributed by atoms with Gasteiger partial charge >= 0.3 is 0 Å². The molecule has 0 aliphatic rings. The molecular weight excluding hydrogens is 332 g/mol. The minimum absolute atomic E-state index is 0.307. The maximum atomic E-state index is 12.0. The van der Waals surface area contributed by atoms with Crippen LogP contribution in [-0.4, -0.2) is 43.5 Å². The van der Waals surface area contributed by atoms with Crippen molar-refractivity contribution in [1.82, 2.24) is 5.48 Å². The van der Waals surface area contributed by atoms with Crippen molar-refractivity contribution in [2.24, 2.45) is 0 Å². The Morgan fingerprint density at radius 3 is 2.12 bits per heavy atom. The number of carbonyl (C=O) groups excluding carboxylic acids is 1. The van der Waals surface area contributed by atoms with E-state index in [0.29, 0.717) is 5.69 Å². The highest BCUT2D eigenvalue weighted by Crippen LogP contribution is 2.24. The van der Waals surface area contributed by atoms with Gasteiger partial charge in [-0.05, 0) is 23.3 Å². The average molecular weight is 350 g/mol. The predicted molar refractivity (Wildman–Crippen MR) is 90.0 cm³/mol. The van der Waals surface area contributed by atoms with Crippen LogP contribution in [0.4, 0.5) is 5.69 Å². The van der Waals surface area contributed by atoms with E-state index in [1.807, 2.05) is 30.3 Å². The standard InChI is InChI=1S/C16H18N2O5S/c1-24(22,23)18(11-15(19)16(20)17-21)14-9-7-13(8-10-14)12-5-3-2-4-6-12/h2-10,15,19,21H,11H2,1H3,(H,17,20)/t15-/m1/s1. The molecule has 0 heterocycles. The van der Waals surface area contributed by atoms with Gasteiger partial charge in [-0.25, -0.2) is 13.9 Å². The van der Waals surface area contributed by atoms with Crippen LogP contribution in [0.1, 0.15) is 0 Å². The number of benzene rings is 2. The molecule has 2 aromatic rings. The van der Waals surface area contributed by atoms with Crippen molar-refractivity contribution < 1.29 is 23.5 Å². The van der Waals surface area contributed by atoms with Crippen LogP contribution in [-0.2, 0) is 14.8 Å². The molecule has 2 aromatic carbocycles. The lowest BCUT2D eigenvalue weighted by Gasteiger charge is -2.24. The molecule has 0 aromatic heterocycles. The third-order valence-electron chi connectivity index (χ3n) is 3.41. The van der Waals surface area contributed by atoms with Gasteiger partial charge in [0.1, 0.15) is 0 Å². The molecule has 2 rings (SSSR count). The average Bonchev–Trinajstić information content (AvgIpc) is 2.58. The Morgan fingerprint density at radius 1 is 1.08 bits per heavy atom. The Morgan fingerprint density at radius 2 is 1.62 bits per heavy atom. The monoisotopic (exact) mass is 350 g/mol. The number of hydrogen-bond acceptors (Lipinski definition) is 5. The van der Waals surface area contributed by atoms with Gasteiger partial charge in [0.25, 0.3) is 5.91 Å². The van der Waals surface area contributed by atoms with Crippen LogP contribution < -0.4 is 9.79 Å². The Bertz CT molecular complexity index is 791. The first kappa shape index (κ1) is 17.9. The summed E-state index contributed by atoms with van der Waals surface area (Å²) in [6.07, 6.45) is -0.722. The van der Waals surface area contributed by atoms with Gasteiger partial charge in [-0.1, -0.05) is 42.5 Å². The fraction of sp³-hybridized carbons (Fsp3) is 0.188. The Labute approximate surface area is 140 Å². The van der Waals surface area contributed by atoms with Gasteiger partial charge in [-0.2, -0.15) is 0 Å². The summed E-state index contributed by atoms with van der Waals surface area (Å²) in [6, 6.07) is 16.2. The normalized spacial score (nSPS) is 12.5. The van der Waals surface area contributed by atoms with Gasteiger partial charge in [-0.15, -0.1) is 0 Å². The van der Waals surface area contributed by atoms with E-state index in [1.54, 1.807) is 24.3 Å². The van der Waals surface area contributed by atoms with Gasteiger partial charge in [-0.3, -0.25) is 14.3 Å². The van der Waals surface area contributed by atoms with E-state index < -0.39 is 28.6 Å². The number of sulfonamides is 1. The summed E-state index contributed by atoms with van der Waals surface area (Å²) < 4.78 is 24.8. The van der Waals surface area contributed by atoms with E-state index in [1.165, 1.54) is 5.48 Å². The number of aliphatic hydroxyl groups excluding tert-OH is 1. The first-order valence-corrected chi connectivity index (χ1v) is 8.93. The molecule has 3 N–H and O–H groups in total. The van der Waals surface area contributed by atoms with Crippen molar-refractivity contribution in [2.45, 2.75) is 6.10 Å². The van der Waals surface area contributed by atoms with Crippen LogP contribution in [0.5, 0.6) is 0 Å². The van der Waals surface area contributed by atoms with E-state index in [4.69, 9.17) is 5.21 Å². The summed E-state index contributed by atoms with van der Waals surface area (Å²) in [7, 11) is -3.72. The van der Waals surface area contributed by atoms with Gasteiger partial charge in [0, 0.05) is 0 Å². The van der Waals surface area contributed by atoms with Gasteiger partial charge in [0.05, 0.1) is 18.5 Å². The topological polar surface area (TPSA) is 107 Å². The van der Waals surface area contributed by atoms with Crippen molar-refractivity contribution in [3.8, 4) is 11.1 Å². The number of hydroxylamine groups is 1. The second-order valence-electron chi connectivity index (χ2n) is 5.20. The van der Waals surface area contributed by atoms with Crippen LogP contribution >= 0.6 is 0 Å². The van der Waals surface area contributed by atoms with E-state index in [2.05, 4.69) is 0 Å². The highest BCUT2D eigenvalue weighted by molar-refractivity contribution is 7.92. The first-order chi connectivity index (χ1) is 11.3. The number of anilines is 1. The SMILES string of the molecule is CS(=O)(=O)N(C[C@@H](O)C(=O)NO)c1ccc(-c2ccccc2)cc1. The minimum atomic E-state index is -3.72. The van der Waals surface area contributed by atoms with Crippen molar-refractivity contribution in [2.75, 3.05) is 17.1 Å². The van der Waals surface area contributed by atoms with E-state index in [-0.39, 0.29) is 0 Å². The maximum absolute atomic E-state index is 12.0. The summed E-state index contributed by atoms with van der Waals surface area (Å²) >= 11 is 0. The number of aliphatic hydroxyl groups is 1. The summed E-state index contributed by atoms with van der Waals surface area (Å²) in [4.78, 5) is 11.2. The molecule has 24 heavy (non-hydrogen) atoms. The minimum Gasteiger partial charge on any atom is -0.381 e. The molecule has 0 aliphatic heterocycles. The molecule has 0 unspecified atom stereocenters. The van der Waals surface area contributed by atoms with E-state index >= 15 is 0 Å². The molecule has 0 radical (unpaired) electrons. The number of nitrogens with one attached hydrogen (secondary N) is 1. The summed E-state index contributed by atoms with van der Waals surface area (Å²) in [5, 5.41) is 18.2. The fourth-order valence-corrected chi connectivity index (χ4v) is 3.11. The van der Waals surface area contributed by atoms with Crippen LogP contribution in [0.15, 0.2) is 54.6 Å². The third-order valence-corrected chi connectivity index (χ3v) is 4.57. The molecule has 0 aliphatic carbocycles. The number of hydrogen-bond donors (Lipinski definition) is 3. The zero-order chi connectivity index (χ0) is 17.7. The molecule has 0 saturated carbocycles. The molecule has 7 nitrogen and oxygen atoms in total. The molecule has 0 saturated heterocycles. The quantitative estimate of drug-likeness (QED) is 0.532. The van der Waals surface area contributed by atoms with Crippen molar-refractivity contribution in [3.63, 3.8) is 0 Å². The first-order valence-electron chi connectivity index (χ1n) is 7.08. The smallest absolute Gasteiger partial charge is 0.274 e. The fourth-order valence-electron chi connectivity index (χ4n) is 2.20. The number of amides is 1. The van der Waals surface area contributed by atoms with Crippen LogP contribution in [0, 0.1) is 0 Å². The highest BCUT2D eigenvalue weighted by Gasteiger charge is 2.25. The summed E-state index contributed by atoms with van der Waals surface area (Å²) in [5.74, 6) is -1.08. The van der Waals surface area contributed by atoms with Gasteiger partial charge in [0.2, 0.25) is 10.0 Å². The predicted octanol–water partition coefficient (Wildman–Crippen LogP) is 0.986. The molecule has 0 spiro atoms. The zero-order valence-corrected chi connectivity index (χ0v) is 13.8. The van der Waals surface area contributed by atoms with E-state index in [0.717, 1.165) is 21.7 Å². The highest BCUT2D eigenvalue weighted by atomic mass is 32.2. The lowest BCUT2D eigenvalue weighted by atomic mass is 10.1. The lowest BCUT2D eigenvalue weighted by Crippen LogP contribution is -2.44. The molecule has 0 fully saturated rings. The Hall–Kier alpha value is -2.42. The summed E-state index contributed by atoms with van der Waals surface area (Å²) in [5.41, 5.74) is 3.49. The third kappa shape index (κ3) is 4.31. The molecule has 1 atom stereocenters. The number of nitrogens with zero attached hydrogens (tertiary/aromatic N) is 1. The van der Waals surface area contributed by atoms with Crippen LogP contribution in [0.2, 0.25) is 0 Å². The molecular formula is C16H18N2O5S. The molecule has 0 bridgehead atoms. The van der Waals surface area contributed by atoms with Crippen molar-refractivity contribution >= 4 is 21.6 Å². The summed E-state index contributed by atoms with van der Waals surface area (Å²) in [6.45, 7) is -0.504. The van der Waals surface area contributed by atoms with Crippen LogP contribution in [0.25, 0.3) is 11.1 Å². The van der Waals surface area contributed by atoms with Gasteiger partial charge < -0.3 is 5.11 Å². The largest absolute Gasteiger partial charge is 0.381 e. The Balaban J connectivity index is 2.29. The lowest BCUT2D eigenvalue weighted by molar-refractivity contribution is -0.137. The Kier molecular flexibility index (Phi) is 5.55. The number of rotatable bonds is 6. The maximum Gasteiger partial charge on any atom is 0.274 e. The van der Waals surface area contributed by atoms with Crippen LogP contribution in [0.3, 0.4) is 0 Å². The second kappa shape index (κ2) is 7.43. The van der Waals surface area contributed by atoms with E-state index in [9.17, 15) is 18.3 Å². The molecule has 1 amide bonds. The van der Waals surface area contributed by atoms with Crippen molar-refractivity contribution in [1.29, 1.82) is 0 Å². The second-order valence-corrected chi connectivity index (χ2v) is 7.11. The molecule has 8 heteroatoms. The number of carbonyl (C=O) groups is 1. The zero-order valence-electron chi connectivity index (χ0n) is 13.0. The van der Waals surface area contributed by atoms with Crippen molar-refractivity contribution in [3.05, 3.63) is 54.6 Å². The molecule has 128 valence electrons. The van der Waals surface area contributed by atoms with Gasteiger partial charge in [0.15, 0.2) is 6.10 Å².